The minimum atomic E-state index is -1.23. The van der Waals surface area contributed by atoms with Gasteiger partial charge >= 0.3 is 94.3 Å². The Morgan fingerprint density at radius 3 is 0.406 bits per heavy atom. The number of aliphatic carboxylic acids is 5. The third kappa shape index (κ3) is 282. The summed E-state index contributed by atoms with van der Waals surface area (Å²) in [5, 5.41) is 45.7. The molecular formula is C15H19Li5O12. The van der Waals surface area contributed by atoms with Crippen LogP contribution in [0.15, 0.2) is 63.3 Å². The summed E-state index contributed by atoms with van der Waals surface area (Å²) >= 11 is 0. The molecule has 0 aromatic carbocycles. The average Bonchev–Trinajstić information content (AvgIpc) is 2.56. The minimum Gasteiger partial charge on any atom is -0.545 e. The number of carbonyl (C=O) groups excluding carboxylic acids is 5. The van der Waals surface area contributed by atoms with Crippen molar-refractivity contribution in [3.63, 3.8) is 0 Å². The smallest absolute Gasteiger partial charge is 0.545 e. The first-order chi connectivity index (χ1) is 11.4. The third-order valence-corrected chi connectivity index (χ3v) is 0.833. The Labute approximate surface area is 246 Å². The molecule has 0 fully saturated rings. The molecule has 0 heterocycles. The fourth-order valence-corrected chi connectivity index (χ4v) is 0. The quantitative estimate of drug-likeness (QED) is 0.296. The van der Waals surface area contributed by atoms with E-state index < -0.39 is 29.8 Å². The standard InChI is InChI=1S/5C3H4O2.5Li.2H2O/c5*1-2-3(4)5;;;;;;;/h5*2H,1H2,(H,4,5);;;;;;2*1H2/q;;;;;5*+1;;/p-5. The Hall–Kier alpha value is -1.04. The molecule has 0 aromatic heterocycles. The molecule has 0 saturated heterocycles. The van der Waals surface area contributed by atoms with Crippen LogP contribution in [0.25, 0.3) is 0 Å². The van der Waals surface area contributed by atoms with E-state index in [4.69, 9.17) is 49.5 Å². The van der Waals surface area contributed by atoms with Crippen LogP contribution in [0.3, 0.4) is 0 Å². The molecule has 0 rings (SSSR count). The molecular weight excluding hydrogens is 407 g/mol. The van der Waals surface area contributed by atoms with Gasteiger partial charge in [0.15, 0.2) is 0 Å². The first-order valence-corrected chi connectivity index (χ1v) is 5.53. The first-order valence-electron chi connectivity index (χ1n) is 5.53. The van der Waals surface area contributed by atoms with E-state index in [0.29, 0.717) is 0 Å². The molecule has 0 spiro atoms. The zero-order valence-electron chi connectivity index (χ0n) is 19.0. The van der Waals surface area contributed by atoms with Crippen molar-refractivity contribution in [2.45, 2.75) is 0 Å². The van der Waals surface area contributed by atoms with Crippen molar-refractivity contribution in [3.8, 4) is 0 Å². The Kier molecular flexibility index (Phi) is 169. The van der Waals surface area contributed by atoms with Crippen molar-refractivity contribution in [2.75, 3.05) is 0 Å². The van der Waals surface area contributed by atoms with Gasteiger partial charge in [-0.3, -0.25) is 0 Å². The predicted octanol–water partition coefficient (Wildman–Crippen LogP) is -22.0. The van der Waals surface area contributed by atoms with Crippen molar-refractivity contribution >= 4 is 29.8 Å². The number of rotatable bonds is 5. The van der Waals surface area contributed by atoms with Crippen molar-refractivity contribution in [2.24, 2.45) is 0 Å². The Morgan fingerprint density at radius 2 is 0.406 bits per heavy atom. The maximum atomic E-state index is 9.14. The van der Waals surface area contributed by atoms with Gasteiger partial charge in [-0.25, -0.2) is 0 Å². The normalized spacial score (nSPS) is 5.00. The van der Waals surface area contributed by atoms with Crippen LogP contribution in [-0.4, -0.2) is 40.8 Å². The fraction of sp³-hybridized carbons (Fsp3) is 0. The monoisotopic (exact) mass is 426 g/mol. The molecule has 4 N–H and O–H groups in total. The van der Waals surface area contributed by atoms with Gasteiger partial charge in [0.2, 0.25) is 0 Å². The summed E-state index contributed by atoms with van der Waals surface area (Å²) in [6.07, 6.45) is 3.61. The minimum absolute atomic E-state index is 0. The van der Waals surface area contributed by atoms with Crippen molar-refractivity contribution in [1.29, 1.82) is 0 Å². The van der Waals surface area contributed by atoms with Gasteiger partial charge in [0.25, 0.3) is 0 Å². The van der Waals surface area contributed by atoms with Crippen LogP contribution in [0.2, 0.25) is 0 Å². The van der Waals surface area contributed by atoms with Gasteiger partial charge < -0.3 is 60.5 Å². The molecule has 156 valence electrons. The molecule has 0 amide bonds. The van der Waals surface area contributed by atoms with Crippen LogP contribution in [0.5, 0.6) is 0 Å². The molecule has 17 heteroatoms. The maximum Gasteiger partial charge on any atom is 1.00 e. The molecule has 0 aromatic rings. The van der Waals surface area contributed by atoms with Crippen molar-refractivity contribution in [3.05, 3.63) is 63.3 Å². The van der Waals surface area contributed by atoms with Gasteiger partial charge in [-0.05, 0) is 30.4 Å². The number of carboxylic acid groups (broad SMARTS) is 5. The zero-order valence-corrected chi connectivity index (χ0v) is 19.0. The fourth-order valence-electron chi connectivity index (χ4n) is 0. The Balaban J connectivity index is -0.0000000148. The number of hydrogen-bond acceptors (Lipinski definition) is 10. The molecule has 0 unspecified atom stereocenters. The van der Waals surface area contributed by atoms with Gasteiger partial charge in [-0.15, -0.1) is 0 Å². The van der Waals surface area contributed by atoms with Crippen LogP contribution in [-0.2, 0) is 24.0 Å². The van der Waals surface area contributed by atoms with Crippen LogP contribution in [0, 0.1) is 0 Å². The van der Waals surface area contributed by atoms with Crippen LogP contribution in [0.4, 0.5) is 0 Å². The van der Waals surface area contributed by atoms with Crippen LogP contribution >= 0.6 is 0 Å². The van der Waals surface area contributed by atoms with Crippen LogP contribution < -0.4 is 120 Å². The third-order valence-electron chi connectivity index (χ3n) is 0.833. The molecule has 0 aliphatic carbocycles. The molecule has 0 saturated carbocycles. The maximum absolute atomic E-state index is 9.14. The van der Waals surface area contributed by atoms with Crippen molar-refractivity contribution in [1.82, 2.24) is 0 Å². The van der Waals surface area contributed by atoms with Gasteiger partial charge in [0.05, 0.1) is 29.8 Å². The van der Waals surface area contributed by atoms with E-state index in [1.165, 1.54) is 0 Å². The van der Waals surface area contributed by atoms with E-state index >= 15 is 0 Å². The molecule has 0 atom stereocenters. The van der Waals surface area contributed by atoms with E-state index in [9.17, 15) is 0 Å². The van der Waals surface area contributed by atoms with E-state index in [2.05, 4.69) is 32.9 Å². The summed E-state index contributed by atoms with van der Waals surface area (Å²) in [4.78, 5) is 45.7. The largest absolute Gasteiger partial charge is 1.00 e. The first kappa shape index (κ1) is 77.3. The molecule has 12 nitrogen and oxygen atoms in total. The van der Waals surface area contributed by atoms with E-state index in [0.717, 1.165) is 30.4 Å². The van der Waals surface area contributed by atoms with Gasteiger partial charge in [0.1, 0.15) is 0 Å². The Morgan fingerprint density at radius 1 is 0.375 bits per heavy atom. The number of carbonyl (C=O) groups is 5. The zero-order chi connectivity index (χ0) is 21.4. The van der Waals surface area contributed by atoms with Crippen molar-refractivity contribution < 1.29 is 155 Å². The van der Waals surface area contributed by atoms with Gasteiger partial charge in [0, 0.05) is 0 Å². The SMILES string of the molecule is C=CC(=O)[O-].C=CC(=O)[O-].C=CC(=O)[O-].C=CC(=O)[O-].C=CC(=O)[O-].O.O.[Li+].[Li+].[Li+].[Li+].[Li+]. The topological polar surface area (TPSA) is 264 Å². The predicted molar refractivity (Wildman–Crippen MR) is 83.2 cm³/mol. The van der Waals surface area contributed by atoms with E-state index in [-0.39, 0.29) is 105 Å². The summed E-state index contributed by atoms with van der Waals surface area (Å²) in [5.41, 5.74) is 0. The Bertz CT molecular complexity index is 407. The number of carboxylic acids is 5. The van der Waals surface area contributed by atoms with E-state index in [1.54, 1.807) is 0 Å². The number of hydrogen-bond donors (Lipinski definition) is 0. The molecule has 0 aliphatic heterocycles. The summed E-state index contributed by atoms with van der Waals surface area (Å²) in [7, 11) is 0. The second-order valence-electron chi connectivity index (χ2n) is 2.62. The van der Waals surface area contributed by atoms with Crippen LogP contribution in [0.1, 0.15) is 0 Å². The second-order valence-corrected chi connectivity index (χ2v) is 2.62. The summed E-state index contributed by atoms with van der Waals surface area (Å²) in [6.45, 7) is 14.5. The summed E-state index contributed by atoms with van der Waals surface area (Å²) < 4.78 is 0. The average molecular weight is 426 g/mol. The summed E-state index contributed by atoms with van der Waals surface area (Å²) in [5.74, 6) is -6.16. The van der Waals surface area contributed by atoms with Gasteiger partial charge in [-0.2, -0.15) is 0 Å². The van der Waals surface area contributed by atoms with Gasteiger partial charge in [-0.1, -0.05) is 32.9 Å². The molecule has 0 aliphatic rings. The molecule has 32 heavy (non-hydrogen) atoms. The molecule has 0 radical (unpaired) electrons. The van der Waals surface area contributed by atoms with E-state index in [1.807, 2.05) is 0 Å². The summed E-state index contributed by atoms with van der Waals surface area (Å²) in [6, 6.07) is 0. The second kappa shape index (κ2) is 69.9. The molecule has 0 bridgehead atoms.